The number of methoxy groups -OCH3 is 1. The molecule has 0 heterocycles. The number of carbonyl (C=O) groups is 2. The molecule has 10 heteroatoms. The van der Waals surface area contributed by atoms with Gasteiger partial charge in [-0.25, -0.2) is 8.42 Å². The number of hydrogen-bond donors (Lipinski definition) is 1. The molecule has 2 amide bonds. The second kappa shape index (κ2) is 14.2. The second-order valence-corrected chi connectivity index (χ2v) is 11.6. The van der Waals surface area contributed by atoms with Crippen LogP contribution in [0.3, 0.4) is 0 Å². The van der Waals surface area contributed by atoms with Crippen molar-refractivity contribution in [3.63, 3.8) is 0 Å². The first-order chi connectivity index (χ1) is 19.1. The van der Waals surface area contributed by atoms with E-state index >= 15 is 0 Å². The average Bonchev–Trinajstić information content (AvgIpc) is 2.95. The highest BCUT2D eigenvalue weighted by Crippen LogP contribution is 2.32. The van der Waals surface area contributed by atoms with Crippen molar-refractivity contribution < 1.29 is 22.7 Å². The van der Waals surface area contributed by atoms with Gasteiger partial charge in [0.15, 0.2) is 0 Å². The Hall–Kier alpha value is -3.56. The van der Waals surface area contributed by atoms with Crippen LogP contribution in [0.25, 0.3) is 0 Å². The van der Waals surface area contributed by atoms with Gasteiger partial charge < -0.3 is 15.0 Å². The molecule has 0 aliphatic heterocycles. The lowest BCUT2D eigenvalue weighted by Crippen LogP contribution is -2.52. The molecule has 1 N–H and O–H groups in total. The maximum Gasteiger partial charge on any atom is 0.264 e. The van der Waals surface area contributed by atoms with Gasteiger partial charge in [0.05, 0.1) is 22.7 Å². The normalized spacial score (nSPS) is 11.9. The molecule has 214 valence electrons. The number of sulfonamides is 1. The van der Waals surface area contributed by atoms with E-state index in [2.05, 4.69) is 5.32 Å². The Morgan fingerprint density at radius 3 is 2.25 bits per heavy atom. The number of nitrogens with zero attached hydrogens (tertiary/aromatic N) is 2. The van der Waals surface area contributed by atoms with Gasteiger partial charge in [-0.05, 0) is 55.7 Å². The van der Waals surface area contributed by atoms with E-state index in [9.17, 15) is 18.0 Å². The lowest BCUT2D eigenvalue weighted by molar-refractivity contribution is -0.140. The molecule has 0 spiro atoms. The average molecular weight is 586 g/mol. The number of halogens is 1. The van der Waals surface area contributed by atoms with Crippen LogP contribution >= 0.6 is 11.6 Å². The van der Waals surface area contributed by atoms with Gasteiger partial charge in [-0.2, -0.15) is 0 Å². The van der Waals surface area contributed by atoms with Crippen LogP contribution in [0.2, 0.25) is 5.02 Å². The molecule has 3 rings (SSSR count). The Balaban J connectivity index is 2.07. The molecule has 0 aliphatic rings. The van der Waals surface area contributed by atoms with Crippen LogP contribution in [-0.2, 0) is 26.2 Å². The van der Waals surface area contributed by atoms with Gasteiger partial charge >= 0.3 is 0 Å². The Bertz CT molecular complexity index is 1400. The van der Waals surface area contributed by atoms with Gasteiger partial charge in [0.1, 0.15) is 18.3 Å². The smallest absolute Gasteiger partial charge is 0.264 e. The zero-order valence-electron chi connectivity index (χ0n) is 23.3. The van der Waals surface area contributed by atoms with E-state index in [0.717, 1.165) is 21.9 Å². The molecule has 0 saturated heterocycles. The minimum atomic E-state index is -4.19. The number of nitrogens with one attached hydrogen (secondary N) is 1. The number of amides is 2. The number of aryl methyl sites for hydroxylation is 1. The summed E-state index contributed by atoms with van der Waals surface area (Å²) in [6, 6.07) is 19.4. The van der Waals surface area contributed by atoms with Crippen molar-refractivity contribution >= 4 is 39.1 Å². The van der Waals surface area contributed by atoms with Gasteiger partial charge in [0.25, 0.3) is 10.0 Å². The summed E-state index contributed by atoms with van der Waals surface area (Å²) in [4.78, 5) is 28.6. The van der Waals surface area contributed by atoms with Crippen molar-refractivity contribution in [3.05, 3.63) is 88.9 Å². The summed E-state index contributed by atoms with van der Waals surface area (Å²) in [5.74, 6) is -0.437. The fourth-order valence-electron chi connectivity index (χ4n) is 4.24. The van der Waals surface area contributed by atoms with E-state index < -0.39 is 28.5 Å². The van der Waals surface area contributed by atoms with Crippen molar-refractivity contribution in [3.8, 4) is 5.75 Å². The van der Waals surface area contributed by atoms with Crippen LogP contribution in [0.4, 0.5) is 5.69 Å². The summed E-state index contributed by atoms with van der Waals surface area (Å²) < 4.78 is 34.1. The van der Waals surface area contributed by atoms with Crippen LogP contribution in [0.1, 0.15) is 37.8 Å². The predicted octanol–water partition coefficient (Wildman–Crippen LogP) is 5.19. The number of rotatable bonds is 13. The lowest BCUT2D eigenvalue weighted by Gasteiger charge is -2.33. The SMILES string of the molecule is CCCNC(=O)C(CC)N(Cc1ccccc1)C(=O)CN(c1ccc(OC)c(Cl)c1)S(=O)(=O)c1ccc(C)cc1. The lowest BCUT2D eigenvalue weighted by atomic mass is 10.1. The number of benzene rings is 3. The molecule has 1 atom stereocenters. The fraction of sp³-hybridized carbons (Fsp3) is 0.333. The topological polar surface area (TPSA) is 96.0 Å². The van der Waals surface area contributed by atoms with Crippen molar-refractivity contribution in [1.29, 1.82) is 0 Å². The maximum atomic E-state index is 14.0. The third kappa shape index (κ3) is 7.55. The number of ether oxygens (including phenoxy) is 1. The summed E-state index contributed by atoms with van der Waals surface area (Å²) >= 11 is 6.37. The first-order valence-corrected chi connectivity index (χ1v) is 15.0. The molecule has 3 aromatic rings. The molecule has 8 nitrogen and oxygen atoms in total. The number of hydrogen-bond acceptors (Lipinski definition) is 5. The van der Waals surface area contributed by atoms with Crippen LogP contribution in [-0.4, -0.2) is 51.4 Å². The molecule has 0 fully saturated rings. The zero-order valence-corrected chi connectivity index (χ0v) is 24.8. The molecule has 0 aliphatic carbocycles. The predicted molar refractivity (Wildman–Crippen MR) is 158 cm³/mol. The molecular formula is C30H36ClN3O5S. The third-order valence-electron chi connectivity index (χ3n) is 6.44. The van der Waals surface area contributed by atoms with Crippen LogP contribution < -0.4 is 14.4 Å². The molecule has 0 saturated carbocycles. The third-order valence-corrected chi connectivity index (χ3v) is 8.53. The van der Waals surface area contributed by atoms with Crippen molar-refractivity contribution in [2.24, 2.45) is 0 Å². The number of carbonyl (C=O) groups excluding carboxylic acids is 2. The summed E-state index contributed by atoms with van der Waals surface area (Å²) in [5, 5.41) is 3.07. The van der Waals surface area contributed by atoms with Crippen molar-refractivity contribution in [2.45, 2.75) is 51.1 Å². The summed E-state index contributed by atoms with van der Waals surface area (Å²) in [6.45, 7) is 5.70. The highest BCUT2D eigenvalue weighted by atomic mass is 35.5. The minimum Gasteiger partial charge on any atom is -0.495 e. The van der Waals surface area contributed by atoms with Crippen LogP contribution in [0.5, 0.6) is 5.75 Å². The highest BCUT2D eigenvalue weighted by molar-refractivity contribution is 7.92. The van der Waals surface area contributed by atoms with Crippen molar-refractivity contribution in [2.75, 3.05) is 24.5 Å². The van der Waals surface area contributed by atoms with Gasteiger partial charge in [0, 0.05) is 13.1 Å². The maximum absolute atomic E-state index is 14.0. The molecule has 0 bridgehead atoms. The van der Waals surface area contributed by atoms with Gasteiger partial charge in [0.2, 0.25) is 11.8 Å². The zero-order chi connectivity index (χ0) is 29.3. The quantitative estimate of drug-likeness (QED) is 0.298. The van der Waals surface area contributed by atoms with E-state index in [-0.39, 0.29) is 28.1 Å². The molecule has 3 aromatic carbocycles. The Labute approximate surface area is 241 Å². The van der Waals surface area contributed by atoms with Gasteiger partial charge in [-0.3, -0.25) is 13.9 Å². The van der Waals surface area contributed by atoms with E-state index in [1.54, 1.807) is 18.2 Å². The first kappa shape index (κ1) is 31.0. The van der Waals surface area contributed by atoms with Crippen LogP contribution in [0.15, 0.2) is 77.7 Å². The molecular weight excluding hydrogens is 550 g/mol. The van der Waals surface area contributed by atoms with E-state index in [0.29, 0.717) is 18.7 Å². The summed E-state index contributed by atoms with van der Waals surface area (Å²) in [6.07, 6.45) is 1.10. The summed E-state index contributed by atoms with van der Waals surface area (Å²) in [7, 11) is -2.73. The molecule has 40 heavy (non-hydrogen) atoms. The van der Waals surface area contributed by atoms with E-state index in [1.165, 1.54) is 36.3 Å². The van der Waals surface area contributed by atoms with Crippen LogP contribution in [0, 0.1) is 6.92 Å². The Morgan fingerprint density at radius 1 is 1.00 bits per heavy atom. The second-order valence-electron chi connectivity index (χ2n) is 9.37. The fourth-order valence-corrected chi connectivity index (χ4v) is 5.90. The van der Waals surface area contributed by atoms with Crippen molar-refractivity contribution in [1.82, 2.24) is 10.2 Å². The monoisotopic (exact) mass is 585 g/mol. The first-order valence-electron chi connectivity index (χ1n) is 13.2. The minimum absolute atomic E-state index is 0.0279. The number of anilines is 1. The van der Waals surface area contributed by atoms with Gasteiger partial charge in [-0.1, -0.05) is 73.5 Å². The highest BCUT2D eigenvalue weighted by Gasteiger charge is 2.33. The Morgan fingerprint density at radius 2 is 1.68 bits per heavy atom. The van der Waals surface area contributed by atoms with E-state index in [4.69, 9.17) is 16.3 Å². The molecule has 0 aromatic heterocycles. The molecule has 0 radical (unpaired) electrons. The molecule has 1 unspecified atom stereocenters. The summed E-state index contributed by atoms with van der Waals surface area (Å²) in [5.41, 5.74) is 1.91. The largest absolute Gasteiger partial charge is 0.495 e. The standard InChI is InChI=1S/C30H36ClN3O5S/c1-5-18-32-30(36)27(6-2)33(20-23-10-8-7-9-11-23)29(35)21-34(24-14-17-28(39-4)26(31)19-24)40(37,38)25-15-12-22(3)13-16-25/h7-17,19,27H,5-6,18,20-21H2,1-4H3,(H,32,36). The van der Waals surface area contributed by atoms with Gasteiger partial charge in [-0.15, -0.1) is 0 Å². The Kier molecular flexibility index (Phi) is 11.0. The van der Waals surface area contributed by atoms with E-state index in [1.807, 2.05) is 51.1 Å².